The zero-order valence-electron chi connectivity index (χ0n) is 11.7. The van der Waals surface area contributed by atoms with Gasteiger partial charge in [0.05, 0.1) is 6.61 Å². The summed E-state index contributed by atoms with van der Waals surface area (Å²) in [6.45, 7) is 4.73. The van der Waals surface area contributed by atoms with Crippen LogP contribution < -0.4 is 10.1 Å². The maximum absolute atomic E-state index is 6.11. The van der Waals surface area contributed by atoms with Gasteiger partial charge < -0.3 is 10.1 Å². The number of alkyl halides is 1. The molecule has 1 aliphatic rings. The molecule has 0 aromatic carbocycles. The van der Waals surface area contributed by atoms with Gasteiger partial charge in [-0.15, -0.1) is 11.6 Å². The lowest BCUT2D eigenvalue weighted by molar-refractivity contribution is 0.304. The summed E-state index contributed by atoms with van der Waals surface area (Å²) in [7, 11) is 0. The third-order valence-corrected chi connectivity index (χ3v) is 3.71. The third-order valence-electron chi connectivity index (χ3n) is 3.27. The number of nitrogens with zero attached hydrogens (tertiary/aromatic N) is 2. The first-order valence-electron chi connectivity index (χ1n) is 7.06. The second-order valence-electron chi connectivity index (χ2n) is 5.11. The fourth-order valence-electron chi connectivity index (χ4n) is 2.26. The minimum atomic E-state index is 0.333. The number of hydrogen-bond donors (Lipinski definition) is 1. The van der Waals surface area contributed by atoms with Crippen LogP contribution in [0.1, 0.15) is 44.7 Å². The zero-order valence-corrected chi connectivity index (χ0v) is 12.4. The summed E-state index contributed by atoms with van der Waals surface area (Å²) in [4.78, 5) is 8.83. The van der Waals surface area contributed by atoms with Gasteiger partial charge in [-0.25, -0.2) is 4.98 Å². The molecule has 106 valence electrons. The lowest BCUT2D eigenvalue weighted by atomic mass is 9.95. The summed E-state index contributed by atoms with van der Waals surface area (Å²) in [5, 5.41) is 3.73. The van der Waals surface area contributed by atoms with Gasteiger partial charge in [0.25, 0.3) is 0 Å². The number of anilines is 1. The van der Waals surface area contributed by atoms with E-state index in [-0.39, 0.29) is 0 Å². The molecule has 0 aliphatic heterocycles. The second-order valence-corrected chi connectivity index (χ2v) is 5.73. The van der Waals surface area contributed by atoms with Crippen molar-refractivity contribution in [2.45, 2.75) is 57.4 Å². The summed E-state index contributed by atoms with van der Waals surface area (Å²) >= 11 is 6.11. The molecule has 0 spiro atoms. The van der Waals surface area contributed by atoms with Crippen molar-refractivity contribution in [2.75, 3.05) is 11.9 Å². The molecule has 0 unspecified atom stereocenters. The monoisotopic (exact) mass is 283 g/mol. The van der Waals surface area contributed by atoms with Crippen LogP contribution in [0.5, 0.6) is 5.88 Å². The van der Waals surface area contributed by atoms with Crippen LogP contribution >= 0.6 is 11.6 Å². The minimum Gasteiger partial charge on any atom is -0.478 e. The Morgan fingerprint density at radius 2 is 2.05 bits per heavy atom. The fourth-order valence-corrected chi connectivity index (χ4v) is 2.52. The van der Waals surface area contributed by atoms with E-state index in [4.69, 9.17) is 16.3 Å². The molecular formula is C14H22ClN3O. The van der Waals surface area contributed by atoms with Gasteiger partial charge >= 0.3 is 0 Å². The Hall–Kier alpha value is -1.03. The predicted molar refractivity (Wildman–Crippen MR) is 78.1 cm³/mol. The topological polar surface area (TPSA) is 47.0 Å². The van der Waals surface area contributed by atoms with Crippen molar-refractivity contribution in [1.82, 2.24) is 9.97 Å². The quantitative estimate of drug-likeness (QED) is 0.840. The highest BCUT2D eigenvalue weighted by Crippen LogP contribution is 2.25. The molecule has 4 nitrogen and oxygen atoms in total. The largest absolute Gasteiger partial charge is 0.478 e. The van der Waals surface area contributed by atoms with Crippen LogP contribution in [0, 0.1) is 6.92 Å². The van der Waals surface area contributed by atoms with Gasteiger partial charge in [-0.1, -0.05) is 6.92 Å². The average molecular weight is 284 g/mol. The van der Waals surface area contributed by atoms with E-state index in [9.17, 15) is 0 Å². The summed E-state index contributed by atoms with van der Waals surface area (Å²) in [6, 6.07) is 2.30. The van der Waals surface area contributed by atoms with E-state index < -0.39 is 0 Å². The van der Waals surface area contributed by atoms with Crippen LogP contribution in [0.2, 0.25) is 0 Å². The summed E-state index contributed by atoms with van der Waals surface area (Å²) in [5.74, 6) is 1.33. The lowest BCUT2D eigenvalue weighted by Gasteiger charge is -2.25. The first-order chi connectivity index (χ1) is 9.17. The maximum atomic E-state index is 6.11. The van der Waals surface area contributed by atoms with Crippen molar-refractivity contribution in [3.63, 3.8) is 0 Å². The molecule has 1 aliphatic carbocycles. The summed E-state index contributed by atoms with van der Waals surface area (Å²) in [6.07, 6.45) is 5.26. The Balaban J connectivity index is 1.97. The van der Waals surface area contributed by atoms with Crippen LogP contribution in [0.4, 0.5) is 5.95 Å². The van der Waals surface area contributed by atoms with E-state index in [1.807, 2.05) is 13.0 Å². The molecular weight excluding hydrogens is 262 g/mol. The van der Waals surface area contributed by atoms with Gasteiger partial charge in [-0.05, 0) is 39.0 Å². The second kappa shape index (κ2) is 6.94. The Kier molecular flexibility index (Phi) is 5.25. The molecule has 19 heavy (non-hydrogen) atoms. The minimum absolute atomic E-state index is 0.333. The van der Waals surface area contributed by atoms with Crippen molar-refractivity contribution in [3.05, 3.63) is 11.8 Å². The normalized spacial score (nSPS) is 23.1. The van der Waals surface area contributed by atoms with Gasteiger partial charge in [0, 0.05) is 23.2 Å². The smallest absolute Gasteiger partial charge is 0.226 e. The first kappa shape index (κ1) is 14.4. The van der Waals surface area contributed by atoms with Gasteiger partial charge in [0.2, 0.25) is 11.8 Å². The van der Waals surface area contributed by atoms with E-state index in [1.54, 1.807) is 0 Å². The van der Waals surface area contributed by atoms with E-state index in [2.05, 4.69) is 22.2 Å². The predicted octanol–water partition coefficient (Wildman–Crippen LogP) is 3.54. The molecule has 0 amide bonds. The lowest BCUT2D eigenvalue weighted by Crippen LogP contribution is -2.27. The average Bonchev–Trinajstić information content (AvgIpc) is 2.38. The molecule has 1 aromatic heterocycles. The number of rotatable bonds is 5. The van der Waals surface area contributed by atoms with E-state index in [0.29, 0.717) is 29.9 Å². The number of ether oxygens (including phenoxy) is 1. The van der Waals surface area contributed by atoms with E-state index in [0.717, 1.165) is 37.8 Å². The van der Waals surface area contributed by atoms with Crippen LogP contribution in [0.15, 0.2) is 6.07 Å². The third kappa shape index (κ3) is 4.53. The first-order valence-corrected chi connectivity index (χ1v) is 7.50. The molecule has 2 rings (SSSR count). The van der Waals surface area contributed by atoms with Gasteiger partial charge in [-0.3, -0.25) is 0 Å². The summed E-state index contributed by atoms with van der Waals surface area (Å²) in [5.41, 5.74) is 0.926. The van der Waals surface area contributed by atoms with Gasteiger partial charge in [-0.2, -0.15) is 4.98 Å². The zero-order chi connectivity index (χ0) is 13.7. The standard InChI is InChI=1S/C14H22ClN3O/c1-3-8-19-13-9-10(2)16-14(18-13)17-12-6-4-11(15)5-7-12/h9,11-12H,3-8H2,1-2H3,(H,16,17,18). The van der Waals surface area contributed by atoms with Crippen molar-refractivity contribution in [1.29, 1.82) is 0 Å². The number of nitrogens with one attached hydrogen (secondary N) is 1. The molecule has 0 saturated heterocycles. The van der Waals surface area contributed by atoms with Crippen LogP contribution in [-0.2, 0) is 0 Å². The Labute approximate surface area is 119 Å². The highest BCUT2D eigenvalue weighted by molar-refractivity contribution is 6.20. The molecule has 0 radical (unpaired) electrons. The highest BCUT2D eigenvalue weighted by Gasteiger charge is 2.20. The molecule has 1 heterocycles. The fraction of sp³-hybridized carbons (Fsp3) is 0.714. The molecule has 1 saturated carbocycles. The van der Waals surface area contributed by atoms with Crippen LogP contribution in [0.25, 0.3) is 0 Å². The van der Waals surface area contributed by atoms with Crippen molar-refractivity contribution in [2.24, 2.45) is 0 Å². The molecule has 0 atom stereocenters. The number of halogens is 1. The number of aromatic nitrogens is 2. The number of hydrogen-bond acceptors (Lipinski definition) is 4. The van der Waals surface area contributed by atoms with Crippen molar-refractivity contribution >= 4 is 17.5 Å². The van der Waals surface area contributed by atoms with Crippen molar-refractivity contribution in [3.8, 4) is 5.88 Å². The summed E-state index contributed by atoms with van der Waals surface area (Å²) < 4.78 is 5.57. The van der Waals surface area contributed by atoms with Crippen LogP contribution in [0.3, 0.4) is 0 Å². The van der Waals surface area contributed by atoms with Crippen molar-refractivity contribution < 1.29 is 4.74 Å². The molecule has 0 bridgehead atoms. The van der Waals surface area contributed by atoms with Crippen LogP contribution in [-0.4, -0.2) is 28.0 Å². The van der Waals surface area contributed by atoms with E-state index in [1.165, 1.54) is 0 Å². The molecule has 5 heteroatoms. The Morgan fingerprint density at radius 1 is 1.32 bits per heavy atom. The Bertz CT molecular complexity index is 406. The van der Waals surface area contributed by atoms with Gasteiger partial charge in [0.1, 0.15) is 0 Å². The van der Waals surface area contributed by atoms with E-state index >= 15 is 0 Å². The highest BCUT2D eigenvalue weighted by atomic mass is 35.5. The maximum Gasteiger partial charge on any atom is 0.226 e. The van der Waals surface area contributed by atoms with Gasteiger partial charge in [0.15, 0.2) is 0 Å². The Morgan fingerprint density at radius 3 is 2.74 bits per heavy atom. The molecule has 1 fully saturated rings. The molecule has 1 N–H and O–H groups in total. The molecule has 1 aromatic rings. The number of aryl methyl sites for hydroxylation is 1. The SMILES string of the molecule is CCCOc1cc(C)nc(NC2CCC(Cl)CC2)n1.